The van der Waals surface area contributed by atoms with Crippen molar-refractivity contribution >= 4 is 35.4 Å². The lowest BCUT2D eigenvalue weighted by atomic mass is 9.63. The smallest absolute Gasteiger partial charge is 0.335 e. The van der Waals surface area contributed by atoms with Crippen LogP contribution in [-0.2, 0) is 35.3 Å². The number of benzene rings is 3. The normalized spacial score (nSPS) is 26.6. The highest BCUT2D eigenvalue weighted by atomic mass is 32.2. The van der Waals surface area contributed by atoms with Crippen molar-refractivity contribution in [2.45, 2.75) is 56.6 Å². The molecule has 7 nitrogen and oxygen atoms in total. The van der Waals surface area contributed by atoms with Crippen LogP contribution in [-0.4, -0.2) is 44.7 Å². The van der Waals surface area contributed by atoms with Gasteiger partial charge >= 0.3 is 11.9 Å². The second kappa shape index (κ2) is 11.4. The monoisotopic (exact) mass is 609 g/mol. The Kier molecular flexibility index (Phi) is 7.74. The van der Waals surface area contributed by atoms with Gasteiger partial charge in [0.25, 0.3) is 0 Å². The van der Waals surface area contributed by atoms with E-state index in [1.165, 1.54) is 23.6 Å². The zero-order valence-corrected chi connectivity index (χ0v) is 26.0. The number of rotatable bonds is 8. The summed E-state index contributed by atoms with van der Waals surface area (Å²) in [4.78, 5) is 56.9. The van der Waals surface area contributed by atoms with Crippen molar-refractivity contribution in [3.8, 4) is 0 Å². The summed E-state index contributed by atoms with van der Waals surface area (Å²) < 4.78 is 11.2. The number of ether oxygens (including phenoxy) is 2. The quantitative estimate of drug-likeness (QED) is 0.232. The van der Waals surface area contributed by atoms with Crippen molar-refractivity contribution in [1.82, 2.24) is 4.90 Å². The summed E-state index contributed by atoms with van der Waals surface area (Å²) in [6.07, 6.45) is 1.05. The summed E-state index contributed by atoms with van der Waals surface area (Å²) in [5, 5.41) is -0.608. The molecule has 2 saturated heterocycles. The predicted molar refractivity (Wildman–Crippen MR) is 167 cm³/mol. The molecule has 1 amide bonds. The highest BCUT2D eigenvalue weighted by Gasteiger charge is 2.78. The molecule has 5 atom stereocenters. The lowest BCUT2D eigenvalue weighted by Gasteiger charge is -2.55. The van der Waals surface area contributed by atoms with Gasteiger partial charge < -0.3 is 14.4 Å². The third-order valence-corrected chi connectivity index (χ3v) is 10.7. The van der Waals surface area contributed by atoms with Crippen molar-refractivity contribution < 1.29 is 28.7 Å². The van der Waals surface area contributed by atoms with Crippen molar-refractivity contribution in [3.63, 3.8) is 0 Å². The fraction of sp³-hybridized carbons (Fsp3) is 0.333. The topological polar surface area (TPSA) is 90.0 Å². The van der Waals surface area contributed by atoms with Crippen LogP contribution in [0.4, 0.5) is 0 Å². The van der Waals surface area contributed by atoms with Crippen molar-refractivity contribution in [1.29, 1.82) is 0 Å². The van der Waals surface area contributed by atoms with Crippen molar-refractivity contribution in [2.24, 2.45) is 17.3 Å². The average Bonchev–Trinajstić information content (AvgIpc) is 3.50. The van der Waals surface area contributed by atoms with E-state index in [0.717, 1.165) is 16.7 Å². The highest BCUT2D eigenvalue weighted by molar-refractivity contribution is 8.01. The molecule has 3 aromatic rings. The van der Waals surface area contributed by atoms with Crippen molar-refractivity contribution in [2.75, 3.05) is 0 Å². The van der Waals surface area contributed by atoms with Crippen LogP contribution in [0.2, 0.25) is 0 Å². The molecule has 2 fully saturated rings. The van der Waals surface area contributed by atoms with E-state index in [-0.39, 0.29) is 23.9 Å². The van der Waals surface area contributed by atoms with E-state index >= 15 is 0 Å². The molecule has 6 rings (SSSR count). The van der Waals surface area contributed by atoms with E-state index in [0.29, 0.717) is 0 Å². The van der Waals surface area contributed by atoms with Crippen LogP contribution in [0.25, 0.3) is 0 Å². The summed E-state index contributed by atoms with van der Waals surface area (Å²) in [7, 11) is 0. The summed E-state index contributed by atoms with van der Waals surface area (Å²) in [5.41, 5.74) is 1.24. The van der Waals surface area contributed by atoms with Crippen LogP contribution in [0.15, 0.2) is 103 Å². The number of β-lactam (4-membered cyclic amide) rings is 1. The van der Waals surface area contributed by atoms with E-state index in [1.54, 1.807) is 6.08 Å². The summed E-state index contributed by atoms with van der Waals surface area (Å²) in [6, 6.07) is 27.4. The number of hydrogen-bond donors (Lipinski definition) is 0. The molecule has 44 heavy (non-hydrogen) atoms. The maximum atomic E-state index is 14.4. The Labute approximate surface area is 261 Å². The van der Waals surface area contributed by atoms with Gasteiger partial charge in [-0.3, -0.25) is 9.59 Å². The molecule has 0 bridgehead atoms. The molecule has 0 saturated carbocycles. The zero-order chi connectivity index (χ0) is 31.2. The number of esters is 2. The van der Waals surface area contributed by atoms with Crippen LogP contribution in [0.3, 0.4) is 0 Å². The molecule has 8 heteroatoms. The Hall–Kier alpha value is -4.17. The number of allylic oxidation sites excluding steroid dienone is 1. The molecule has 2 aliphatic heterocycles. The van der Waals surface area contributed by atoms with E-state index in [4.69, 9.17) is 9.47 Å². The molecule has 1 aliphatic carbocycles. The van der Waals surface area contributed by atoms with Gasteiger partial charge in [-0.1, -0.05) is 104 Å². The summed E-state index contributed by atoms with van der Waals surface area (Å²) in [6.45, 7) is 7.17. The van der Waals surface area contributed by atoms with E-state index in [1.807, 2.05) is 112 Å². The minimum atomic E-state index is -1.41. The lowest BCUT2D eigenvalue weighted by Crippen LogP contribution is -2.73. The first-order valence-electron chi connectivity index (χ1n) is 14.8. The van der Waals surface area contributed by atoms with Crippen LogP contribution in [0.5, 0.6) is 0 Å². The molecular formula is C36H35NO6S. The number of ketones is 1. The molecule has 0 N–H and O–H groups in total. The molecule has 1 unspecified atom stereocenters. The Bertz CT molecular complexity index is 1580. The summed E-state index contributed by atoms with van der Waals surface area (Å²) in [5.74, 6) is -2.83. The van der Waals surface area contributed by atoms with Gasteiger partial charge in [-0.2, -0.15) is 0 Å². The predicted octanol–water partition coefficient (Wildman–Crippen LogP) is 5.89. The number of Topliss-reactive ketones (excluding diaryl/α,β-unsaturated/α-hetero) is 1. The van der Waals surface area contributed by atoms with Gasteiger partial charge in [-0.05, 0) is 43.4 Å². The van der Waals surface area contributed by atoms with E-state index in [2.05, 4.69) is 0 Å². The third-order valence-electron chi connectivity index (χ3n) is 9.01. The van der Waals surface area contributed by atoms with Crippen molar-refractivity contribution in [3.05, 3.63) is 119 Å². The molecule has 0 aromatic heterocycles. The number of amides is 1. The second-order valence-electron chi connectivity index (χ2n) is 12.3. The van der Waals surface area contributed by atoms with Gasteiger partial charge in [-0.15, -0.1) is 11.8 Å². The second-order valence-corrected chi connectivity index (χ2v) is 14.0. The zero-order valence-electron chi connectivity index (χ0n) is 25.1. The van der Waals surface area contributed by atoms with Crippen LogP contribution in [0.1, 0.15) is 50.5 Å². The lowest BCUT2D eigenvalue weighted by molar-refractivity contribution is -0.181. The third kappa shape index (κ3) is 4.76. The maximum absolute atomic E-state index is 14.4. The summed E-state index contributed by atoms with van der Waals surface area (Å²) >= 11 is 1.43. The first-order chi connectivity index (χ1) is 21.1. The number of hydrogen-bond acceptors (Lipinski definition) is 7. The molecule has 3 aliphatic rings. The SMILES string of the molecule is CC(=O)[C@H]1[C@H](C)C=C(C(=O)OCc2ccccc2)C12C(=O)N1[C@@H](C(=O)OC(c3ccccc3)c3ccccc3)C(C)(C)S[C@@H]12. The Morgan fingerprint density at radius 2 is 1.43 bits per heavy atom. The minimum absolute atomic E-state index is 0.0444. The molecule has 2 heterocycles. The number of fused-ring (bicyclic) bond motifs is 2. The Balaban J connectivity index is 1.31. The number of carbonyl (C=O) groups is 4. The fourth-order valence-corrected chi connectivity index (χ4v) is 8.98. The number of nitrogens with zero attached hydrogens (tertiary/aromatic N) is 1. The first-order valence-corrected chi connectivity index (χ1v) is 15.7. The Morgan fingerprint density at radius 3 is 1.98 bits per heavy atom. The van der Waals surface area contributed by atoms with Gasteiger partial charge in [0.05, 0.1) is 10.9 Å². The maximum Gasteiger partial charge on any atom is 0.335 e. The standard InChI is InChI=1S/C36H35NO6S/c1-22-20-27(31(39)42-21-24-14-8-5-9-15-24)36(28(22)23(2)38)33(41)37-30(35(3,4)44-34(36)37)32(40)43-29(25-16-10-6-11-17-25)26-18-12-7-13-19-26/h5-20,22,28-30,34H,21H2,1-4H3/t22-,28-,30+,34-,36?/m1/s1. The number of carbonyl (C=O) groups excluding carboxylic acids is 4. The molecule has 1 spiro atoms. The average molecular weight is 610 g/mol. The largest absolute Gasteiger partial charge is 0.457 e. The first kappa shape index (κ1) is 29.9. The van der Waals surface area contributed by atoms with Crippen LogP contribution >= 0.6 is 11.8 Å². The van der Waals surface area contributed by atoms with Crippen LogP contribution in [0, 0.1) is 17.3 Å². The highest BCUT2D eigenvalue weighted by Crippen LogP contribution is 2.67. The van der Waals surface area contributed by atoms with Gasteiger partial charge in [0.15, 0.2) is 6.10 Å². The van der Waals surface area contributed by atoms with Gasteiger partial charge in [0.1, 0.15) is 23.8 Å². The molecular weight excluding hydrogens is 574 g/mol. The molecule has 226 valence electrons. The van der Waals surface area contributed by atoms with Crippen LogP contribution < -0.4 is 0 Å². The van der Waals surface area contributed by atoms with Gasteiger partial charge in [0, 0.05) is 10.7 Å². The fourth-order valence-electron chi connectivity index (χ4n) is 7.17. The van der Waals surface area contributed by atoms with E-state index < -0.39 is 51.4 Å². The van der Waals surface area contributed by atoms with Gasteiger partial charge in [0.2, 0.25) is 5.91 Å². The Morgan fingerprint density at radius 1 is 0.886 bits per heavy atom. The molecule has 0 radical (unpaired) electrons. The molecule has 3 aromatic carbocycles. The minimum Gasteiger partial charge on any atom is -0.457 e. The number of thioether (sulfide) groups is 1. The van der Waals surface area contributed by atoms with E-state index in [9.17, 15) is 19.2 Å². The van der Waals surface area contributed by atoms with Gasteiger partial charge in [-0.25, -0.2) is 9.59 Å².